The largest absolute Gasteiger partial charge is 0.311 e. The molecule has 0 spiro atoms. The van der Waals surface area contributed by atoms with Gasteiger partial charge in [-0.25, -0.2) is 0 Å². The Morgan fingerprint density at radius 1 is 1.30 bits per heavy atom. The van der Waals surface area contributed by atoms with E-state index in [1.807, 2.05) is 0 Å². The second-order valence-corrected chi connectivity index (χ2v) is 6.61. The lowest BCUT2D eigenvalue weighted by atomic mass is 9.86. The Bertz CT molecular complexity index is 443. The number of hydrogen-bond acceptors (Lipinski definition) is 2. The van der Waals surface area contributed by atoms with Crippen LogP contribution in [0.2, 0.25) is 0 Å². The smallest absolute Gasteiger partial charge is 0.0221 e. The van der Waals surface area contributed by atoms with Gasteiger partial charge in [-0.1, -0.05) is 44.5 Å². The molecule has 1 aliphatic carbocycles. The number of piperazine rings is 1. The molecular weight excluding hydrogens is 244 g/mol. The van der Waals surface area contributed by atoms with E-state index in [9.17, 15) is 0 Å². The lowest BCUT2D eigenvalue weighted by molar-refractivity contribution is 0.113. The first kappa shape index (κ1) is 14.1. The van der Waals surface area contributed by atoms with Gasteiger partial charge in [-0.05, 0) is 36.3 Å². The number of nitrogens with zero attached hydrogens (tertiary/aromatic N) is 1. The van der Waals surface area contributed by atoms with Gasteiger partial charge in [-0.2, -0.15) is 0 Å². The first-order chi connectivity index (χ1) is 9.78. The van der Waals surface area contributed by atoms with Crippen molar-refractivity contribution in [2.45, 2.75) is 51.6 Å². The molecule has 1 fully saturated rings. The van der Waals surface area contributed by atoms with Gasteiger partial charge in [0.05, 0.1) is 0 Å². The van der Waals surface area contributed by atoms with Crippen LogP contribution in [0.5, 0.6) is 0 Å². The minimum absolute atomic E-state index is 0.686. The van der Waals surface area contributed by atoms with Gasteiger partial charge in [-0.3, -0.25) is 4.90 Å². The summed E-state index contributed by atoms with van der Waals surface area (Å²) in [5.41, 5.74) is 3.17. The van der Waals surface area contributed by atoms with Gasteiger partial charge in [0.1, 0.15) is 0 Å². The number of hydrogen-bond donors (Lipinski definition) is 1. The Balaban J connectivity index is 1.65. The molecule has 2 nitrogen and oxygen atoms in total. The average molecular weight is 272 g/mol. The molecular formula is C18H28N2. The van der Waals surface area contributed by atoms with Gasteiger partial charge in [-0.15, -0.1) is 0 Å². The van der Waals surface area contributed by atoms with Crippen LogP contribution in [0, 0.1) is 5.92 Å². The highest BCUT2D eigenvalue weighted by Gasteiger charge is 2.29. The second-order valence-electron chi connectivity index (χ2n) is 6.61. The lowest BCUT2D eigenvalue weighted by Crippen LogP contribution is -2.56. The molecule has 3 atom stereocenters. The Morgan fingerprint density at radius 2 is 2.10 bits per heavy atom. The van der Waals surface area contributed by atoms with E-state index < -0.39 is 0 Å². The number of benzene rings is 1. The van der Waals surface area contributed by atoms with Crippen LogP contribution in [0.1, 0.15) is 37.8 Å². The lowest BCUT2D eigenvalue weighted by Gasteiger charge is -2.42. The normalized spacial score (nSPS) is 28.9. The molecule has 1 aliphatic heterocycles. The summed E-state index contributed by atoms with van der Waals surface area (Å²) in [7, 11) is 0. The molecule has 0 amide bonds. The van der Waals surface area contributed by atoms with E-state index in [2.05, 4.69) is 48.3 Å². The predicted octanol–water partition coefficient (Wildman–Crippen LogP) is 2.86. The van der Waals surface area contributed by atoms with E-state index in [1.165, 1.54) is 38.8 Å². The number of rotatable bonds is 3. The molecule has 2 aliphatic rings. The fraction of sp³-hybridized carbons (Fsp3) is 0.667. The van der Waals surface area contributed by atoms with Gasteiger partial charge >= 0.3 is 0 Å². The molecule has 1 saturated heterocycles. The van der Waals surface area contributed by atoms with Crippen molar-refractivity contribution in [3.8, 4) is 0 Å². The van der Waals surface area contributed by atoms with Gasteiger partial charge in [0.2, 0.25) is 0 Å². The van der Waals surface area contributed by atoms with E-state index >= 15 is 0 Å². The molecule has 1 aromatic rings. The summed E-state index contributed by atoms with van der Waals surface area (Å²) in [5, 5.41) is 3.72. The molecule has 1 heterocycles. The molecule has 0 bridgehead atoms. The zero-order valence-electron chi connectivity index (χ0n) is 12.9. The number of nitrogens with one attached hydrogen (secondary N) is 1. The Kier molecular flexibility index (Phi) is 4.42. The third-order valence-electron chi connectivity index (χ3n) is 5.40. The van der Waals surface area contributed by atoms with Crippen LogP contribution in [0.25, 0.3) is 0 Å². The Labute approximate surface area is 123 Å². The minimum atomic E-state index is 0.686. The molecule has 1 aromatic carbocycles. The van der Waals surface area contributed by atoms with Gasteiger partial charge in [0.25, 0.3) is 0 Å². The highest BCUT2D eigenvalue weighted by atomic mass is 15.2. The van der Waals surface area contributed by atoms with Crippen molar-refractivity contribution in [3.05, 3.63) is 35.4 Å². The third kappa shape index (κ3) is 2.91. The molecule has 2 heteroatoms. The molecule has 0 saturated carbocycles. The summed E-state index contributed by atoms with van der Waals surface area (Å²) in [6.07, 6.45) is 5.13. The predicted molar refractivity (Wildman–Crippen MR) is 85.1 cm³/mol. The summed E-state index contributed by atoms with van der Waals surface area (Å²) in [6, 6.07) is 10.5. The van der Waals surface area contributed by atoms with Crippen LogP contribution < -0.4 is 5.32 Å². The standard InChI is InChI=1S/C18H28N2/c1-3-14(2)18-13-20(11-10-19-18)17-9-8-15-6-4-5-7-16(15)12-17/h4-7,14,17-19H,3,8-13H2,1-2H3. The van der Waals surface area contributed by atoms with E-state index in [1.54, 1.807) is 11.1 Å². The van der Waals surface area contributed by atoms with Crippen LogP contribution in [-0.4, -0.2) is 36.6 Å². The highest BCUT2D eigenvalue weighted by Crippen LogP contribution is 2.26. The van der Waals surface area contributed by atoms with Crippen molar-refractivity contribution < 1.29 is 0 Å². The molecule has 0 aromatic heterocycles. The highest BCUT2D eigenvalue weighted by molar-refractivity contribution is 5.30. The van der Waals surface area contributed by atoms with E-state index in [-0.39, 0.29) is 0 Å². The van der Waals surface area contributed by atoms with Crippen molar-refractivity contribution in [1.29, 1.82) is 0 Å². The molecule has 1 N–H and O–H groups in total. The van der Waals surface area contributed by atoms with Crippen molar-refractivity contribution >= 4 is 0 Å². The topological polar surface area (TPSA) is 15.3 Å². The average Bonchev–Trinajstić information content (AvgIpc) is 2.53. The van der Waals surface area contributed by atoms with Crippen LogP contribution >= 0.6 is 0 Å². The minimum Gasteiger partial charge on any atom is -0.311 e. The second kappa shape index (κ2) is 6.28. The maximum atomic E-state index is 3.72. The fourth-order valence-electron chi connectivity index (χ4n) is 3.79. The first-order valence-corrected chi connectivity index (χ1v) is 8.32. The van der Waals surface area contributed by atoms with E-state index in [0.717, 1.165) is 18.5 Å². The number of fused-ring (bicyclic) bond motifs is 1. The SMILES string of the molecule is CCC(C)C1CN(C2CCc3ccccc3C2)CCN1. The Hall–Kier alpha value is -0.860. The van der Waals surface area contributed by atoms with Crippen LogP contribution in [-0.2, 0) is 12.8 Å². The Morgan fingerprint density at radius 3 is 2.90 bits per heavy atom. The zero-order valence-corrected chi connectivity index (χ0v) is 12.9. The van der Waals surface area contributed by atoms with Crippen LogP contribution in [0.15, 0.2) is 24.3 Å². The summed E-state index contributed by atoms with van der Waals surface area (Å²) < 4.78 is 0. The van der Waals surface area contributed by atoms with E-state index in [4.69, 9.17) is 0 Å². The maximum absolute atomic E-state index is 3.72. The van der Waals surface area contributed by atoms with Gasteiger partial charge < -0.3 is 5.32 Å². The van der Waals surface area contributed by atoms with Crippen molar-refractivity contribution in [2.75, 3.05) is 19.6 Å². The molecule has 20 heavy (non-hydrogen) atoms. The van der Waals surface area contributed by atoms with Gasteiger partial charge in [0.15, 0.2) is 0 Å². The summed E-state index contributed by atoms with van der Waals surface area (Å²) in [5.74, 6) is 0.786. The zero-order chi connectivity index (χ0) is 13.9. The first-order valence-electron chi connectivity index (χ1n) is 8.32. The molecule has 3 rings (SSSR count). The fourth-order valence-corrected chi connectivity index (χ4v) is 3.79. The van der Waals surface area contributed by atoms with Crippen molar-refractivity contribution in [2.24, 2.45) is 5.92 Å². The van der Waals surface area contributed by atoms with E-state index in [0.29, 0.717) is 6.04 Å². The van der Waals surface area contributed by atoms with Crippen LogP contribution in [0.3, 0.4) is 0 Å². The van der Waals surface area contributed by atoms with Crippen LogP contribution in [0.4, 0.5) is 0 Å². The summed E-state index contributed by atoms with van der Waals surface area (Å²) >= 11 is 0. The van der Waals surface area contributed by atoms with Gasteiger partial charge in [0, 0.05) is 31.7 Å². The quantitative estimate of drug-likeness (QED) is 0.910. The monoisotopic (exact) mass is 272 g/mol. The van der Waals surface area contributed by atoms with Crippen molar-refractivity contribution in [3.63, 3.8) is 0 Å². The molecule has 3 unspecified atom stereocenters. The summed E-state index contributed by atoms with van der Waals surface area (Å²) in [6.45, 7) is 8.31. The molecule has 0 radical (unpaired) electrons. The number of aryl methyl sites for hydroxylation is 1. The third-order valence-corrected chi connectivity index (χ3v) is 5.40. The molecule has 110 valence electrons. The maximum Gasteiger partial charge on any atom is 0.0221 e. The van der Waals surface area contributed by atoms with Crippen molar-refractivity contribution in [1.82, 2.24) is 10.2 Å². The summed E-state index contributed by atoms with van der Waals surface area (Å²) in [4.78, 5) is 2.75.